The van der Waals surface area contributed by atoms with Gasteiger partial charge in [-0.3, -0.25) is 8.97 Å². The summed E-state index contributed by atoms with van der Waals surface area (Å²) >= 11 is 0. The molecule has 0 saturated carbocycles. The minimum absolute atomic E-state index is 0.881. The molecule has 5 heteroatoms. The highest BCUT2D eigenvalue weighted by Crippen LogP contribution is 2.41. The van der Waals surface area contributed by atoms with Gasteiger partial charge in [-0.1, -0.05) is 84.9 Å². The topological polar surface area (TPSA) is 40.0 Å². The molecule has 1 aliphatic carbocycles. The van der Waals surface area contributed by atoms with E-state index < -0.39 is 0 Å². The number of benzene rings is 6. The Morgan fingerprint density at radius 1 is 0.469 bits per heavy atom. The van der Waals surface area contributed by atoms with Gasteiger partial charge in [-0.05, 0) is 90.7 Å². The number of para-hydroxylation sites is 6. The number of nitrogens with zero attached hydrogens (tertiary/aromatic N) is 5. The molecule has 49 heavy (non-hydrogen) atoms. The summed E-state index contributed by atoms with van der Waals surface area (Å²) in [6.07, 6.45) is 4.27. The molecule has 0 saturated heterocycles. The van der Waals surface area contributed by atoms with Crippen molar-refractivity contribution in [3.05, 3.63) is 162 Å². The first kappa shape index (κ1) is 26.6. The number of aromatic nitrogens is 5. The van der Waals surface area contributed by atoms with Crippen LogP contribution in [0.15, 0.2) is 146 Å². The van der Waals surface area contributed by atoms with E-state index in [-0.39, 0.29) is 0 Å². The molecule has 4 heterocycles. The Bertz CT molecular complexity index is 2990. The van der Waals surface area contributed by atoms with E-state index in [2.05, 4.69) is 165 Å². The minimum Gasteiger partial charge on any atom is -0.309 e. The van der Waals surface area contributed by atoms with Crippen molar-refractivity contribution >= 4 is 71.9 Å². The standard InChI is InChI=1S/C44H29N5/c1-2-12-30(13-3-1)47-38-19-9-5-14-31(38)34-26-28(22-24-40(34)47)29-23-25-41-35(27-29)32-15-6-10-20-39(32)48(41)44-46-36-17-7-4-16-33(36)43-45-37-18-8-11-21-42(37)49(43)44/h1-22,24,26-27H,23,25H2. The molecule has 10 aromatic rings. The van der Waals surface area contributed by atoms with Gasteiger partial charge in [-0.15, -0.1) is 0 Å². The minimum atomic E-state index is 0.881. The SMILES string of the molecule is C1=C(c2ccc3c(c2)c2ccccc2n3-c2ccccc2)CCc2c1c1ccccc1n2-c1nc2ccccc2c2nc3ccccc3n12. The number of rotatable bonds is 3. The molecule has 5 nitrogen and oxygen atoms in total. The first-order chi connectivity index (χ1) is 24.3. The van der Waals surface area contributed by atoms with Crippen LogP contribution in [0.3, 0.4) is 0 Å². The van der Waals surface area contributed by atoms with Crippen molar-refractivity contribution in [1.29, 1.82) is 0 Å². The molecule has 1 aliphatic rings. The quantitative estimate of drug-likeness (QED) is 0.196. The summed E-state index contributed by atoms with van der Waals surface area (Å²) in [5.74, 6) is 0.881. The average Bonchev–Trinajstić information content (AvgIpc) is 3.83. The van der Waals surface area contributed by atoms with Gasteiger partial charge in [0.1, 0.15) is 5.65 Å². The predicted molar refractivity (Wildman–Crippen MR) is 202 cm³/mol. The Labute approximate surface area is 281 Å². The molecule has 0 radical (unpaired) electrons. The van der Waals surface area contributed by atoms with Crippen LogP contribution >= 0.6 is 0 Å². The Morgan fingerprint density at radius 2 is 1.12 bits per heavy atom. The molecule has 230 valence electrons. The van der Waals surface area contributed by atoms with Gasteiger partial charge >= 0.3 is 0 Å². The van der Waals surface area contributed by atoms with Gasteiger partial charge in [0.05, 0.1) is 33.1 Å². The molecule has 11 rings (SSSR count). The predicted octanol–water partition coefficient (Wildman–Crippen LogP) is 10.6. The second kappa shape index (κ2) is 10.0. The molecule has 0 fully saturated rings. The first-order valence-corrected chi connectivity index (χ1v) is 16.9. The lowest BCUT2D eigenvalue weighted by atomic mass is 9.90. The number of imidazole rings is 1. The van der Waals surface area contributed by atoms with Gasteiger partial charge in [-0.2, -0.15) is 0 Å². The van der Waals surface area contributed by atoms with Crippen molar-refractivity contribution in [3.63, 3.8) is 0 Å². The maximum absolute atomic E-state index is 5.36. The average molecular weight is 628 g/mol. The number of fused-ring (bicyclic) bond motifs is 11. The van der Waals surface area contributed by atoms with Crippen molar-refractivity contribution in [2.75, 3.05) is 0 Å². The summed E-state index contributed by atoms with van der Waals surface area (Å²) in [6, 6.07) is 51.9. The lowest BCUT2D eigenvalue weighted by molar-refractivity contribution is 0.848. The van der Waals surface area contributed by atoms with Crippen molar-refractivity contribution in [3.8, 4) is 11.6 Å². The summed E-state index contributed by atoms with van der Waals surface area (Å²) in [4.78, 5) is 10.5. The molecule has 0 bridgehead atoms. The van der Waals surface area contributed by atoms with Crippen LogP contribution in [0, 0.1) is 0 Å². The van der Waals surface area contributed by atoms with Gasteiger partial charge in [0, 0.05) is 38.5 Å². The van der Waals surface area contributed by atoms with Gasteiger partial charge < -0.3 is 4.57 Å². The zero-order valence-electron chi connectivity index (χ0n) is 26.6. The van der Waals surface area contributed by atoms with Crippen LogP contribution in [-0.4, -0.2) is 23.5 Å². The third-order valence-corrected chi connectivity index (χ3v) is 10.3. The highest BCUT2D eigenvalue weighted by molar-refractivity contribution is 6.11. The normalized spacial score (nSPS) is 13.3. The summed E-state index contributed by atoms with van der Waals surface area (Å²) in [5.41, 5.74) is 13.9. The van der Waals surface area contributed by atoms with E-state index in [0.29, 0.717) is 0 Å². The lowest BCUT2D eigenvalue weighted by Gasteiger charge is -2.19. The smallest absolute Gasteiger partial charge is 0.221 e. The van der Waals surface area contributed by atoms with Crippen LogP contribution < -0.4 is 0 Å². The monoisotopic (exact) mass is 627 g/mol. The van der Waals surface area contributed by atoms with Crippen LogP contribution in [0.1, 0.15) is 23.2 Å². The molecule has 4 aromatic heterocycles. The second-order valence-corrected chi connectivity index (χ2v) is 13.0. The summed E-state index contributed by atoms with van der Waals surface area (Å²) < 4.78 is 7.02. The highest BCUT2D eigenvalue weighted by Gasteiger charge is 2.25. The van der Waals surface area contributed by atoms with E-state index in [4.69, 9.17) is 9.97 Å². The Balaban J connectivity index is 1.14. The zero-order chi connectivity index (χ0) is 32.1. The van der Waals surface area contributed by atoms with Crippen molar-refractivity contribution < 1.29 is 0 Å². The maximum atomic E-state index is 5.36. The van der Waals surface area contributed by atoms with Crippen molar-refractivity contribution in [2.24, 2.45) is 0 Å². The molecule has 0 aliphatic heterocycles. The number of allylic oxidation sites excluding steroid dienone is 1. The zero-order valence-corrected chi connectivity index (χ0v) is 26.6. The molecule has 0 spiro atoms. The Morgan fingerprint density at radius 3 is 1.96 bits per heavy atom. The lowest BCUT2D eigenvalue weighted by Crippen LogP contribution is -2.11. The van der Waals surface area contributed by atoms with Crippen LogP contribution in [0.2, 0.25) is 0 Å². The maximum Gasteiger partial charge on any atom is 0.221 e. The largest absolute Gasteiger partial charge is 0.309 e. The third-order valence-electron chi connectivity index (χ3n) is 10.3. The second-order valence-electron chi connectivity index (χ2n) is 13.0. The summed E-state index contributed by atoms with van der Waals surface area (Å²) in [5, 5.41) is 4.85. The van der Waals surface area contributed by atoms with Gasteiger partial charge in [-0.25, -0.2) is 9.97 Å². The fourth-order valence-corrected chi connectivity index (χ4v) is 8.19. The molecule has 0 atom stereocenters. The Kier molecular flexibility index (Phi) is 5.44. The highest BCUT2D eigenvalue weighted by atomic mass is 15.2. The van der Waals surface area contributed by atoms with Crippen molar-refractivity contribution in [1.82, 2.24) is 23.5 Å². The van der Waals surface area contributed by atoms with E-state index in [1.54, 1.807) is 0 Å². The van der Waals surface area contributed by atoms with Crippen LogP contribution in [0.25, 0.3) is 83.6 Å². The van der Waals surface area contributed by atoms with E-state index in [0.717, 1.165) is 51.9 Å². The van der Waals surface area contributed by atoms with Crippen molar-refractivity contribution in [2.45, 2.75) is 12.8 Å². The number of hydrogen-bond donors (Lipinski definition) is 0. The molecule has 6 aromatic carbocycles. The molecule has 0 N–H and O–H groups in total. The van der Waals surface area contributed by atoms with Crippen LogP contribution in [0.5, 0.6) is 0 Å². The molecule has 0 amide bonds. The van der Waals surface area contributed by atoms with E-state index in [9.17, 15) is 0 Å². The molecule has 0 unspecified atom stereocenters. The van der Waals surface area contributed by atoms with E-state index in [1.807, 2.05) is 0 Å². The molecular formula is C44H29N5. The fraction of sp³-hybridized carbons (Fsp3) is 0.0455. The van der Waals surface area contributed by atoms with Gasteiger partial charge in [0.2, 0.25) is 5.95 Å². The summed E-state index contributed by atoms with van der Waals surface area (Å²) in [7, 11) is 0. The van der Waals surface area contributed by atoms with Gasteiger partial charge in [0.15, 0.2) is 0 Å². The van der Waals surface area contributed by atoms with Gasteiger partial charge in [0.25, 0.3) is 0 Å². The van der Waals surface area contributed by atoms with E-state index in [1.165, 1.54) is 55.3 Å². The molecular weight excluding hydrogens is 599 g/mol. The summed E-state index contributed by atoms with van der Waals surface area (Å²) in [6.45, 7) is 0. The first-order valence-electron chi connectivity index (χ1n) is 16.9. The van der Waals surface area contributed by atoms with Crippen LogP contribution in [0.4, 0.5) is 0 Å². The van der Waals surface area contributed by atoms with E-state index >= 15 is 0 Å². The third kappa shape index (κ3) is 3.75. The Hall–Kier alpha value is -6.46. The van der Waals surface area contributed by atoms with Crippen LogP contribution in [-0.2, 0) is 6.42 Å². The number of hydrogen-bond acceptors (Lipinski definition) is 2. The fourth-order valence-electron chi connectivity index (χ4n) is 8.19.